The molecule has 2 aromatic carbocycles. The van der Waals surface area contributed by atoms with Gasteiger partial charge in [-0.25, -0.2) is 9.78 Å². The van der Waals surface area contributed by atoms with Gasteiger partial charge in [0.15, 0.2) is 0 Å². The monoisotopic (exact) mass is 500 g/mol. The quantitative estimate of drug-likeness (QED) is 0.325. The van der Waals surface area contributed by atoms with Crippen molar-refractivity contribution in [3.63, 3.8) is 0 Å². The van der Waals surface area contributed by atoms with Gasteiger partial charge in [-0.15, -0.1) is 11.3 Å². The number of anilines is 3. The van der Waals surface area contributed by atoms with Crippen molar-refractivity contribution in [2.75, 3.05) is 10.2 Å². The predicted molar refractivity (Wildman–Crippen MR) is 140 cm³/mol. The number of para-hydroxylation sites is 1. The maximum Gasteiger partial charge on any atom is 0.331 e. The molecule has 0 spiro atoms. The molecule has 2 aromatic heterocycles. The largest absolute Gasteiger partial charge is 0.457 e. The van der Waals surface area contributed by atoms with Crippen molar-refractivity contribution in [3.05, 3.63) is 71.2 Å². The number of nitrogens with one attached hydrogen (secondary N) is 2. The molecule has 8 nitrogen and oxygen atoms in total. The van der Waals surface area contributed by atoms with Crippen LogP contribution in [0.4, 0.5) is 21.9 Å². The number of amides is 3. The molecule has 9 heteroatoms. The van der Waals surface area contributed by atoms with Crippen LogP contribution in [-0.4, -0.2) is 34.2 Å². The van der Waals surface area contributed by atoms with E-state index in [0.29, 0.717) is 38.9 Å². The van der Waals surface area contributed by atoms with E-state index in [1.807, 2.05) is 55.5 Å². The van der Waals surface area contributed by atoms with Crippen LogP contribution in [0.15, 0.2) is 60.8 Å². The van der Waals surface area contributed by atoms with E-state index in [0.717, 1.165) is 29.5 Å². The summed E-state index contributed by atoms with van der Waals surface area (Å²) in [4.78, 5) is 33.6. The third kappa shape index (κ3) is 3.86. The van der Waals surface area contributed by atoms with E-state index in [4.69, 9.17) is 4.74 Å². The molecular formula is C27H24N4O4S. The molecule has 1 aliphatic heterocycles. The molecule has 6 rings (SSSR count). The number of carbonyl (C=O) groups excluding carboxylic acids is 2. The zero-order valence-corrected chi connectivity index (χ0v) is 20.3. The Morgan fingerprint density at radius 3 is 2.72 bits per heavy atom. The van der Waals surface area contributed by atoms with Gasteiger partial charge in [0.1, 0.15) is 21.2 Å². The van der Waals surface area contributed by atoms with Gasteiger partial charge in [-0.2, -0.15) is 0 Å². The fourth-order valence-corrected chi connectivity index (χ4v) is 5.92. The minimum atomic E-state index is -0.546. The summed E-state index contributed by atoms with van der Waals surface area (Å²) in [6, 6.07) is 16.2. The highest BCUT2D eigenvalue weighted by atomic mass is 32.1. The predicted octanol–water partition coefficient (Wildman–Crippen LogP) is 5.72. The fourth-order valence-electron chi connectivity index (χ4n) is 4.89. The molecule has 1 aliphatic carbocycles. The Kier molecular flexibility index (Phi) is 5.58. The molecule has 0 radical (unpaired) electrons. The number of carbonyl (C=O) groups is 2. The molecule has 3 amide bonds. The first kappa shape index (κ1) is 22.5. The lowest BCUT2D eigenvalue weighted by Crippen LogP contribution is -2.40. The Balaban J connectivity index is 1.35. The lowest BCUT2D eigenvalue weighted by molar-refractivity contribution is 0.0878. The molecular weight excluding hydrogens is 476 g/mol. The summed E-state index contributed by atoms with van der Waals surface area (Å²) < 4.78 is 5.94. The fraction of sp³-hybridized carbons (Fsp3) is 0.222. The number of aliphatic hydroxyl groups excluding tert-OH is 1. The van der Waals surface area contributed by atoms with Crippen molar-refractivity contribution in [2.45, 2.75) is 38.3 Å². The van der Waals surface area contributed by atoms with Crippen LogP contribution < -0.4 is 20.3 Å². The van der Waals surface area contributed by atoms with Crippen LogP contribution in [-0.2, 0) is 0 Å². The molecule has 2 atom stereocenters. The molecule has 0 bridgehead atoms. The Labute approximate surface area is 211 Å². The van der Waals surface area contributed by atoms with Crippen LogP contribution in [0.5, 0.6) is 11.5 Å². The molecule has 0 saturated heterocycles. The summed E-state index contributed by atoms with van der Waals surface area (Å²) in [6.07, 6.45) is 3.39. The smallest absolute Gasteiger partial charge is 0.331 e. The minimum absolute atomic E-state index is 0.280. The van der Waals surface area contributed by atoms with Crippen molar-refractivity contribution in [1.82, 2.24) is 10.3 Å². The first-order valence-electron chi connectivity index (χ1n) is 11.8. The van der Waals surface area contributed by atoms with E-state index in [-0.39, 0.29) is 18.0 Å². The van der Waals surface area contributed by atoms with E-state index >= 15 is 0 Å². The highest BCUT2D eigenvalue weighted by Gasteiger charge is 2.35. The number of thiophene rings is 1. The zero-order valence-electron chi connectivity index (χ0n) is 19.5. The second-order valence-electron chi connectivity index (χ2n) is 9.02. The number of hydrogen-bond acceptors (Lipinski definition) is 6. The van der Waals surface area contributed by atoms with Gasteiger partial charge in [0.25, 0.3) is 5.91 Å². The number of urea groups is 1. The second-order valence-corrected chi connectivity index (χ2v) is 10.0. The highest BCUT2D eigenvalue weighted by Crippen LogP contribution is 2.46. The van der Waals surface area contributed by atoms with Gasteiger partial charge in [-0.05, 0) is 68.1 Å². The Morgan fingerprint density at radius 2 is 1.97 bits per heavy atom. The molecule has 3 N–H and O–H groups in total. The number of aryl methyl sites for hydroxylation is 1. The SMILES string of the molecule is Cc1cc(Oc2ccccc2)ccc1N1C(=O)Nc2c(C(=O)N[C@@H]3CCC[C@@H]3O)sc3nccc1c23. The van der Waals surface area contributed by atoms with Gasteiger partial charge in [-0.1, -0.05) is 18.2 Å². The summed E-state index contributed by atoms with van der Waals surface area (Å²) in [5.74, 6) is 1.09. The Bertz CT molecular complexity index is 1490. The van der Waals surface area contributed by atoms with Crippen LogP contribution in [0, 0.1) is 6.92 Å². The number of benzene rings is 2. The number of pyridine rings is 1. The summed E-state index contributed by atoms with van der Waals surface area (Å²) in [5, 5.41) is 16.7. The zero-order chi connectivity index (χ0) is 24.8. The van der Waals surface area contributed by atoms with Crippen LogP contribution in [0.3, 0.4) is 0 Å². The van der Waals surface area contributed by atoms with E-state index in [2.05, 4.69) is 15.6 Å². The standard InChI is InChI=1S/C27H24N4O4S/c1-15-14-17(35-16-6-3-2-4-7-16)10-11-19(15)31-20-12-13-28-26-22(20)23(30-27(31)34)24(36-26)25(33)29-18-8-5-9-21(18)32/h2-4,6-7,10-14,18,21,32H,5,8-9H2,1H3,(H,29,33)(H,30,34)/t18-,21+/m1/s1. The van der Waals surface area contributed by atoms with Crippen LogP contribution >= 0.6 is 11.3 Å². The summed E-state index contributed by atoms with van der Waals surface area (Å²) in [6.45, 7) is 1.92. The van der Waals surface area contributed by atoms with Crippen molar-refractivity contribution in [1.29, 1.82) is 0 Å². The molecule has 4 aromatic rings. The maximum atomic E-state index is 13.4. The molecule has 3 heterocycles. The van der Waals surface area contributed by atoms with Gasteiger partial charge in [0.2, 0.25) is 0 Å². The van der Waals surface area contributed by atoms with Gasteiger partial charge in [0.05, 0.1) is 34.6 Å². The van der Waals surface area contributed by atoms with Crippen molar-refractivity contribution >= 4 is 50.6 Å². The number of rotatable bonds is 5. The van der Waals surface area contributed by atoms with E-state index < -0.39 is 6.10 Å². The topological polar surface area (TPSA) is 104 Å². The average Bonchev–Trinajstić information content (AvgIpc) is 3.45. The summed E-state index contributed by atoms with van der Waals surface area (Å²) >= 11 is 1.24. The van der Waals surface area contributed by atoms with Crippen molar-refractivity contribution in [3.8, 4) is 11.5 Å². The van der Waals surface area contributed by atoms with Crippen LogP contribution in [0.25, 0.3) is 10.2 Å². The van der Waals surface area contributed by atoms with E-state index in [1.54, 1.807) is 17.2 Å². The molecule has 1 fully saturated rings. The number of ether oxygens (including phenoxy) is 1. The van der Waals surface area contributed by atoms with Crippen molar-refractivity contribution in [2.24, 2.45) is 0 Å². The highest BCUT2D eigenvalue weighted by molar-refractivity contribution is 7.21. The Morgan fingerprint density at radius 1 is 1.14 bits per heavy atom. The first-order valence-corrected chi connectivity index (χ1v) is 12.7. The van der Waals surface area contributed by atoms with E-state index in [9.17, 15) is 14.7 Å². The van der Waals surface area contributed by atoms with Gasteiger partial charge >= 0.3 is 6.03 Å². The van der Waals surface area contributed by atoms with Crippen LogP contribution in [0.1, 0.15) is 34.5 Å². The molecule has 1 saturated carbocycles. The maximum absolute atomic E-state index is 13.4. The number of aromatic nitrogens is 1. The normalized spacial score (nSPS) is 18.8. The molecule has 0 unspecified atom stereocenters. The lowest BCUT2D eigenvalue weighted by Gasteiger charge is -2.29. The van der Waals surface area contributed by atoms with E-state index in [1.165, 1.54) is 11.3 Å². The number of aliphatic hydroxyl groups is 1. The van der Waals surface area contributed by atoms with Crippen molar-refractivity contribution < 1.29 is 19.4 Å². The third-order valence-corrected chi connectivity index (χ3v) is 7.73. The van der Waals surface area contributed by atoms with Gasteiger partial charge in [0, 0.05) is 6.20 Å². The van der Waals surface area contributed by atoms with Crippen LogP contribution in [0.2, 0.25) is 0 Å². The second kappa shape index (κ2) is 8.92. The number of nitrogens with zero attached hydrogens (tertiary/aromatic N) is 2. The van der Waals surface area contributed by atoms with Gasteiger partial charge in [-0.3, -0.25) is 9.69 Å². The summed E-state index contributed by atoms with van der Waals surface area (Å²) in [5.41, 5.74) is 2.69. The van der Waals surface area contributed by atoms with Gasteiger partial charge < -0.3 is 20.5 Å². The summed E-state index contributed by atoms with van der Waals surface area (Å²) in [7, 11) is 0. The average molecular weight is 501 g/mol. The first-order chi connectivity index (χ1) is 17.5. The molecule has 182 valence electrons. The Hall–Kier alpha value is -3.95. The molecule has 2 aliphatic rings. The lowest BCUT2D eigenvalue weighted by atomic mass is 10.1. The third-order valence-electron chi connectivity index (χ3n) is 6.64. The minimum Gasteiger partial charge on any atom is -0.457 e. The molecule has 36 heavy (non-hydrogen) atoms. The number of hydrogen-bond donors (Lipinski definition) is 3.